The van der Waals surface area contributed by atoms with Crippen LogP contribution in [0.5, 0.6) is 0 Å². The lowest BCUT2D eigenvalue weighted by Crippen LogP contribution is -2.35. The van der Waals surface area contributed by atoms with E-state index in [1.54, 1.807) is 12.1 Å². The van der Waals surface area contributed by atoms with E-state index in [9.17, 15) is 4.39 Å². The van der Waals surface area contributed by atoms with Gasteiger partial charge >= 0.3 is 0 Å². The molecule has 0 amide bonds. The van der Waals surface area contributed by atoms with Gasteiger partial charge in [-0.15, -0.1) is 0 Å². The first-order chi connectivity index (χ1) is 7.64. The molecule has 0 bridgehead atoms. The van der Waals surface area contributed by atoms with Gasteiger partial charge in [0, 0.05) is 16.8 Å². The van der Waals surface area contributed by atoms with Gasteiger partial charge in [0.05, 0.1) is 0 Å². The summed E-state index contributed by atoms with van der Waals surface area (Å²) in [6, 6.07) is 4.89. The van der Waals surface area contributed by atoms with Crippen LogP contribution in [-0.2, 0) is 5.54 Å². The normalized spacial score (nSPS) is 17.8. The molecule has 0 aliphatic heterocycles. The first kappa shape index (κ1) is 11.4. The van der Waals surface area contributed by atoms with Crippen LogP contribution in [0.1, 0.15) is 32.3 Å². The van der Waals surface area contributed by atoms with Crippen molar-refractivity contribution in [1.82, 2.24) is 4.90 Å². The fraction of sp³-hybridized carbons (Fsp3) is 0.538. The summed E-state index contributed by atoms with van der Waals surface area (Å²) in [4.78, 5) is 2.32. The molecule has 2 rings (SSSR count). The van der Waals surface area contributed by atoms with E-state index in [0.717, 1.165) is 31.5 Å². The van der Waals surface area contributed by atoms with Gasteiger partial charge in [-0.3, -0.25) is 4.90 Å². The first-order valence-electron chi connectivity index (χ1n) is 5.94. The Labute approximate surface area is 96.2 Å². The van der Waals surface area contributed by atoms with Gasteiger partial charge in [0.25, 0.3) is 0 Å². The number of anilines is 1. The van der Waals surface area contributed by atoms with Gasteiger partial charge in [0.15, 0.2) is 0 Å². The minimum Gasteiger partial charge on any atom is -0.399 e. The van der Waals surface area contributed by atoms with E-state index in [0.29, 0.717) is 5.69 Å². The molecule has 2 nitrogen and oxygen atoms in total. The highest BCUT2D eigenvalue weighted by atomic mass is 19.1. The summed E-state index contributed by atoms with van der Waals surface area (Å²) >= 11 is 0. The van der Waals surface area contributed by atoms with Crippen LogP contribution in [-0.4, -0.2) is 18.0 Å². The molecule has 0 radical (unpaired) electrons. The Kier molecular flexibility index (Phi) is 2.89. The third kappa shape index (κ3) is 1.69. The largest absolute Gasteiger partial charge is 0.399 e. The summed E-state index contributed by atoms with van der Waals surface area (Å²) in [5.41, 5.74) is 7.09. The van der Waals surface area contributed by atoms with Crippen LogP contribution in [0, 0.1) is 5.82 Å². The maximum atomic E-state index is 13.9. The standard InChI is InChI=1S/C13H19FN2/c1-3-16(4-2)13(7-8-13)11-9-10(15)5-6-12(11)14/h5-6,9H,3-4,7-8,15H2,1-2H3. The molecule has 1 fully saturated rings. The minimum absolute atomic E-state index is 0.0804. The molecule has 16 heavy (non-hydrogen) atoms. The average Bonchev–Trinajstić information content (AvgIpc) is 3.05. The number of hydrogen-bond donors (Lipinski definition) is 1. The molecule has 3 heteroatoms. The summed E-state index contributed by atoms with van der Waals surface area (Å²) < 4.78 is 13.9. The van der Waals surface area contributed by atoms with Gasteiger partial charge in [-0.05, 0) is 44.1 Å². The average molecular weight is 222 g/mol. The van der Waals surface area contributed by atoms with Crippen LogP contribution in [0.25, 0.3) is 0 Å². The molecule has 88 valence electrons. The molecule has 0 saturated heterocycles. The number of halogens is 1. The molecule has 0 heterocycles. The number of nitrogens with two attached hydrogens (primary N) is 1. The molecular weight excluding hydrogens is 203 g/mol. The Hall–Kier alpha value is -1.09. The lowest BCUT2D eigenvalue weighted by Gasteiger charge is -2.30. The van der Waals surface area contributed by atoms with E-state index in [4.69, 9.17) is 5.73 Å². The lowest BCUT2D eigenvalue weighted by molar-refractivity contribution is 0.192. The molecule has 1 saturated carbocycles. The lowest BCUT2D eigenvalue weighted by atomic mass is 10.0. The second kappa shape index (κ2) is 4.06. The number of rotatable bonds is 4. The summed E-state index contributed by atoms with van der Waals surface area (Å²) in [5.74, 6) is -0.126. The topological polar surface area (TPSA) is 29.3 Å². The van der Waals surface area contributed by atoms with Crippen LogP contribution in [0.4, 0.5) is 10.1 Å². The van der Waals surface area contributed by atoms with E-state index >= 15 is 0 Å². The van der Waals surface area contributed by atoms with Gasteiger partial charge in [-0.1, -0.05) is 13.8 Å². The molecule has 1 aliphatic rings. The number of benzene rings is 1. The SMILES string of the molecule is CCN(CC)C1(c2cc(N)ccc2F)CC1. The molecule has 0 atom stereocenters. The summed E-state index contributed by atoms with van der Waals surface area (Å²) in [6.45, 7) is 6.14. The van der Waals surface area contributed by atoms with Gasteiger partial charge in [-0.2, -0.15) is 0 Å². The van der Waals surface area contributed by atoms with Crippen LogP contribution >= 0.6 is 0 Å². The van der Waals surface area contributed by atoms with E-state index in [-0.39, 0.29) is 11.4 Å². The first-order valence-corrected chi connectivity index (χ1v) is 5.94. The molecule has 1 aromatic rings. The molecule has 0 aromatic heterocycles. The van der Waals surface area contributed by atoms with E-state index in [1.165, 1.54) is 6.07 Å². The fourth-order valence-corrected chi connectivity index (χ4v) is 2.60. The molecule has 0 spiro atoms. The number of hydrogen-bond acceptors (Lipinski definition) is 2. The van der Waals surface area contributed by atoms with Crippen molar-refractivity contribution in [3.63, 3.8) is 0 Å². The van der Waals surface area contributed by atoms with Crippen LogP contribution < -0.4 is 5.73 Å². The second-order valence-corrected chi connectivity index (χ2v) is 4.44. The van der Waals surface area contributed by atoms with Crippen molar-refractivity contribution in [2.24, 2.45) is 0 Å². The van der Waals surface area contributed by atoms with Crippen LogP contribution in [0.3, 0.4) is 0 Å². The second-order valence-electron chi connectivity index (χ2n) is 4.44. The van der Waals surface area contributed by atoms with Gasteiger partial charge < -0.3 is 5.73 Å². The summed E-state index contributed by atoms with van der Waals surface area (Å²) in [5, 5.41) is 0. The predicted molar refractivity (Wildman–Crippen MR) is 64.6 cm³/mol. The molecule has 0 unspecified atom stereocenters. The van der Waals surface area contributed by atoms with E-state index < -0.39 is 0 Å². The Morgan fingerprint density at radius 3 is 2.44 bits per heavy atom. The van der Waals surface area contributed by atoms with Crippen molar-refractivity contribution in [2.45, 2.75) is 32.2 Å². The highest BCUT2D eigenvalue weighted by molar-refractivity contribution is 5.45. The van der Waals surface area contributed by atoms with Crippen molar-refractivity contribution in [3.8, 4) is 0 Å². The highest BCUT2D eigenvalue weighted by Crippen LogP contribution is 2.51. The monoisotopic (exact) mass is 222 g/mol. The minimum atomic E-state index is -0.126. The zero-order chi connectivity index (χ0) is 11.8. The summed E-state index contributed by atoms with van der Waals surface area (Å²) in [7, 11) is 0. The zero-order valence-corrected chi connectivity index (χ0v) is 9.96. The Morgan fingerprint density at radius 2 is 1.94 bits per heavy atom. The molecule has 1 aromatic carbocycles. The van der Waals surface area contributed by atoms with Gasteiger partial charge in [0.1, 0.15) is 5.82 Å². The number of nitrogens with zero attached hydrogens (tertiary/aromatic N) is 1. The zero-order valence-electron chi connectivity index (χ0n) is 9.96. The van der Waals surface area contributed by atoms with E-state index in [1.807, 2.05) is 0 Å². The molecule has 1 aliphatic carbocycles. The predicted octanol–water partition coefficient (Wildman–Crippen LogP) is 2.74. The maximum Gasteiger partial charge on any atom is 0.128 e. The quantitative estimate of drug-likeness (QED) is 0.794. The van der Waals surface area contributed by atoms with E-state index in [2.05, 4.69) is 18.7 Å². The van der Waals surface area contributed by atoms with Crippen molar-refractivity contribution in [2.75, 3.05) is 18.8 Å². The molecular formula is C13H19FN2. The van der Waals surface area contributed by atoms with Crippen molar-refractivity contribution in [1.29, 1.82) is 0 Å². The van der Waals surface area contributed by atoms with Crippen molar-refractivity contribution >= 4 is 5.69 Å². The Morgan fingerprint density at radius 1 is 1.31 bits per heavy atom. The number of nitrogen functional groups attached to an aromatic ring is 1. The van der Waals surface area contributed by atoms with Crippen LogP contribution in [0.15, 0.2) is 18.2 Å². The van der Waals surface area contributed by atoms with Gasteiger partial charge in [0.2, 0.25) is 0 Å². The summed E-state index contributed by atoms with van der Waals surface area (Å²) in [6.07, 6.45) is 2.07. The fourth-order valence-electron chi connectivity index (χ4n) is 2.60. The van der Waals surface area contributed by atoms with Crippen molar-refractivity contribution in [3.05, 3.63) is 29.6 Å². The molecule has 2 N–H and O–H groups in total. The van der Waals surface area contributed by atoms with Crippen LogP contribution in [0.2, 0.25) is 0 Å². The Bertz CT molecular complexity index is 382. The third-order valence-corrected chi connectivity index (χ3v) is 3.58. The van der Waals surface area contributed by atoms with Crippen molar-refractivity contribution < 1.29 is 4.39 Å². The Balaban J connectivity index is 2.39. The highest BCUT2D eigenvalue weighted by Gasteiger charge is 2.49. The van der Waals surface area contributed by atoms with Gasteiger partial charge in [-0.25, -0.2) is 4.39 Å². The smallest absolute Gasteiger partial charge is 0.128 e. The maximum absolute atomic E-state index is 13.9. The third-order valence-electron chi connectivity index (χ3n) is 3.58.